The van der Waals surface area contributed by atoms with Gasteiger partial charge in [0.1, 0.15) is 11.5 Å². The standard InChI is InChI=1S/C30H35NO2/c1-2-3-4-5-6-11-20-31(21-27-25-14-9-7-12-23(25)16-18-29(27)32)22-28-26-15-10-8-13-24(26)17-19-30(28)33/h7-10,12-19,32-33H,2-6,11,20-22H2,1H3. The number of nitrogens with zero attached hydrogens (tertiary/aromatic N) is 1. The van der Waals surface area contributed by atoms with Crippen LogP contribution in [-0.4, -0.2) is 21.7 Å². The highest BCUT2D eigenvalue weighted by Gasteiger charge is 2.16. The van der Waals surface area contributed by atoms with E-state index in [0.29, 0.717) is 24.6 Å². The zero-order valence-corrected chi connectivity index (χ0v) is 19.6. The molecule has 33 heavy (non-hydrogen) atoms. The molecule has 0 aromatic heterocycles. The molecule has 2 N–H and O–H groups in total. The van der Waals surface area contributed by atoms with Crippen LogP contribution in [0, 0.1) is 0 Å². The number of phenolic OH excluding ortho intramolecular Hbond substituents is 2. The van der Waals surface area contributed by atoms with Gasteiger partial charge in [-0.25, -0.2) is 0 Å². The third kappa shape index (κ3) is 5.66. The van der Waals surface area contributed by atoms with Crippen LogP contribution in [0.2, 0.25) is 0 Å². The van der Waals surface area contributed by atoms with Gasteiger partial charge < -0.3 is 10.2 Å². The molecule has 0 saturated carbocycles. The van der Waals surface area contributed by atoms with Crippen LogP contribution in [-0.2, 0) is 13.1 Å². The predicted octanol–water partition coefficient (Wildman–Crippen LogP) is 7.77. The summed E-state index contributed by atoms with van der Waals surface area (Å²) in [5.74, 6) is 0.674. The Morgan fingerprint density at radius 3 is 1.61 bits per heavy atom. The van der Waals surface area contributed by atoms with Gasteiger partial charge in [0.25, 0.3) is 0 Å². The SMILES string of the molecule is CCCCCCCCN(Cc1c(O)ccc2ccccc12)Cc1c(O)ccc2ccccc12. The molecule has 4 aromatic rings. The maximum absolute atomic E-state index is 10.7. The average Bonchev–Trinajstić information content (AvgIpc) is 2.84. The first kappa shape index (κ1) is 23.1. The molecular weight excluding hydrogens is 406 g/mol. The maximum Gasteiger partial charge on any atom is 0.120 e. The third-order valence-electron chi connectivity index (χ3n) is 6.62. The van der Waals surface area contributed by atoms with Gasteiger partial charge in [-0.1, -0.05) is 99.7 Å². The first-order valence-corrected chi connectivity index (χ1v) is 12.3. The molecule has 0 amide bonds. The number of phenols is 2. The molecule has 0 spiro atoms. The summed E-state index contributed by atoms with van der Waals surface area (Å²) in [6.07, 6.45) is 7.44. The van der Waals surface area contributed by atoms with Gasteiger partial charge in [-0.3, -0.25) is 4.90 Å². The summed E-state index contributed by atoms with van der Waals surface area (Å²) in [5.41, 5.74) is 1.91. The number of aromatic hydroxyl groups is 2. The fourth-order valence-electron chi connectivity index (χ4n) is 4.76. The summed E-state index contributed by atoms with van der Waals surface area (Å²) in [5, 5.41) is 25.9. The second-order valence-electron chi connectivity index (χ2n) is 9.05. The predicted molar refractivity (Wildman–Crippen MR) is 139 cm³/mol. The quantitative estimate of drug-likeness (QED) is 0.234. The van der Waals surface area contributed by atoms with Crippen molar-refractivity contribution in [2.24, 2.45) is 0 Å². The fourth-order valence-corrected chi connectivity index (χ4v) is 4.76. The lowest BCUT2D eigenvalue weighted by Gasteiger charge is -2.25. The van der Waals surface area contributed by atoms with E-state index in [4.69, 9.17) is 0 Å². The molecule has 4 aromatic carbocycles. The zero-order chi connectivity index (χ0) is 23.0. The van der Waals surface area contributed by atoms with E-state index in [1.807, 2.05) is 36.4 Å². The van der Waals surface area contributed by atoms with Gasteiger partial charge in [-0.2, -0.15) is 0 Å². The number of fused-ring (bicyclic) bond motifs is 2. The summed E-state index contributed by atoms with van der Waals surface area (Å²) in [6, 6.07) is 24.0. The van der Waals surface area contributed by atoms with E-state index in [9.17, 15) is 10.2 Å². The number of unbranched alkanes of at least 4 members (excludes halogenated alkanes) is 5. The molecule has 0 unspecified atom stereocenters. The van der Waals surface area contributed by atoms with Crippen molar-refractivity contribution in [2.75, 3.05) is 6.54 Å². The smallest absolute Gasteiger partial charge is 0.120 e. The van der Waals surface area contributed by atoms with Crippen LogP contribution in [0.15, 0.2) is 72.8 Å². The molecule has 0 radical (unpaired) electrons. The van der Waals surface area contributed by atoms with Gasteiger partial charge in [-0.15, -0.1) is 0 Å². The van der Waals surface area contributed by atoms with Gasteiger partial charge in [-0.05, 0) is 46.6 Å². The highest BCUT2D eigenvalue weighted by Crippen LogP contribution is 2.32. The topological polar surface area (TPSA) is 43.7 Å². The van der Waals surface area contributed by atoms with Crippen LogP contribution in [0.25, 0.3) is 21.5 Å². The minimum absolute atomic E-state index is 0.337. The number of hydrogen-bond donors (Lipinski definition) is 2. The van der Waals surface area contributed by atoms with Gasteiger partial charge in [0, 0.05) is 24.2 Å². The van der Waals surface area contributed by atoms with Crippen LogP contribution >= 0.6 is 0 Å². The number of rotatable bonds is 11. The highest BCUT2D eigenvalue weighted by molar-refractivity contribution is 5.88. The van der Waals surface area contributed by atoms with Crippen molar-refractivity contribution < 1.29 is 10.2 Å². The van der Waals surface area contributed by atoms with Gasteiger partial charge in [0.2, 0.25) is 0 Å². The van der Waals surface area contributed by atoms with Crippen LogP contribution in [0.4, 0.5) is 0 Å². The molecule has 3 nitrogen and oxygen atoms in total. The van der Waals surface area contributed by atoms with Gasteiger partial charge in [0.15, 0.2) is 0 Å². The molecular formula is C30H35NO2. The van der Waals surface area contributed by atoms with Crippen molar-refractivity contribution in [1.29, 1.82) is 0 Å². The monoisotopic (exact) mass is 441 g/mol. The maximum atomic E-state index is 10.7. The summed E-state index contributed by atoms with van der Waals surface area (Å²) < 4.78 is 0. The molecule has 172 valence electrons. The first-order chi connectivity index (χ1) is 16.2. The Hall–Kier alpha value is -3.04. The second kappa shape index (κ2) is 11.2. The Morgan fingerprint density at radius 1 is 0.576 bits per heavy atom. The van der Waals surface area contributed by atoms with Crippen molar-refractivity contribution >= 4 is 21.5 Å². The van der Waals surface area contributed by atoms with Gasteiger partial charge in [0.05, 0.1) is 0 Å². The van der Waals surface area contributed by atoms with Gasteiger partial charge >= 0.3 is 0 Å². The lowest BCUT2D eigenvalue weighted by molar-refractivity contribution is 0.245. The third-order valence-corrected chi connectivity index (χ3v) is 6.62. The summed E-state index contributed by atoms with van der Waals surface area (Å²) in [7, 11) is 0. The van der Waals surface area contributed by atoms with Crippen molar-refractivity contribution in [3.8, 4) is 11.5 Å². The van der Waals surface area contributed by atoms with Crippen molar-refractivity contribution in [1.82, 2.24) is 4.90 Å². The Morgan fingerprint density at radius 2 is 1.06 bits per heavy atom. The van der Waals surface area contributed by atoms with Crippen molar-refractivity contribution in [3.05, 3.63) is 83.9 Å². The van der Waals surface area contributed by atoms with Crippen LogP contribution in [0.3, 0.4) is 0 Å². The van der Waals surface area contributed by atoms with Crippen LogP contribution in [0.5, 0.6) is 11.5 Å². The van der Waals surface area contributed by atoms with E-state index >= 15 is 0 Å². The Bertz CT molecular complexity index is 1110. The molecule has 0 aliphatic carbocycles. The molecule has 0 aliphatic heterocycles. The molecule has 0 atom stereocenters. The Kier molecular flexibility index (Phi) is 7.85. The molecule has 0 fully saturated rings. The fraction of sp³-hybridized carbons (Fsp3) is 0.333. The zero-order valence-electron chi connectivity index (χ0n) is 19.6. The lowest BCUT2D eigenvalue weighted by atomic mass is 10.0. The molecule has 0 aliphatic rings. The second-order valence-corrected chi connectivity index (χ2v) is 9.05. The number of benzene rings is 4. The molecule has 3 heteroatoms. The summed E-state index contributed by atoms with van der Waals surface area (Å²) >= 11 is 0. The van der Waals surface area contributed by atoms with Crippen LogP contribution in [0.1, 0.15) is 56.6 Å². The molecule has 0 heterocycles. The largest absolute Gasteiger partial charge is 0.508 e. The minimum Gasteiger partial charge on any atom is -0.508 e. The van der Waals surface area contributed by atoms with Crippen molar-refractivity contribution in [2.45, 2.75) is 58.5 Å². The van der Waals surface area contributed by atoms with E-state index in [-0.39, 0.29) is 0 Å². The molecule has 0 bridgehead atoms. The van der Waals surface area contributed by atoms with E-state index in [1.165, 1.54) is 32.1 Å². The number of hydrogen-bond acceptors (Lipinski definition) is 3. The normalized spacial score (nSPS) is 11.6. The van der Waals surface area contributed by atoms with E-state index < -0.39 is 0 Å². The van der Waals surface area contributed by atoms with E-state index in [1.54, 1.807) is 12.1 Å². The molecule has 0 saturated heterocycles. The first-order valence-electron chi connectivity index (χ1n) is 12.3. The molecule has 4 rings (SSSR count). The summed E-state index contributed by atoms with van der Waals surface area (Å²) in [4.78, 5) is 2.38. The lowest BCUT2D eigenvalue weighted by Crippen LogP contribution is -2.24. The van der Waals surface area contributed by atoms with Crippen LogP contribution < -0.4 is 0 Å². The Balaban J connectivity index is 1.61. The highest BCUT2D eigenvalue weighted by atomic mass is 16.3. The van der Waals surface area contributed by atoms with E-state index in [0.717, 1.165) is 45.6 Å². The van der Waals surface area contributed by atoms with Crippen molar-refractivity contribution in [3.63, 3.8) is 0 Å². The summed E-state index contributed by atoms with van der Waals surface area (Å²) in [6.45, 7) is 4.46. The Labute approximate surface area is 197 Å². The van der Waals surface area contributed by atoms with E-state index in [2.05, 4.69) is 36.1 Å². The average molecular weight is 442 g/mol. The minimum atomic E-state index is 0.337.